The zero-order valence-corrected chi connectivity index (χ0v) is 27.5. The number of fused-ring (bicyclic) bond motifs is 3. The van der Waals surface area contributed by atoms with Crippen LogP contribution < -0.4 is 0 Å². The van der Waals surface area contributed by atoms with Crippen molar-refractivity contribution >= 4 is 14.1 Å². The van der Waals surface area contributed by atoms with Gasteiger partial charge >= 0.3 is 0 Å². The van der Waals surface area contributed by atoms with Crippen molar-refractivity contribution in [3.63, 3.8) is 0 Å². The molecular weight excluding hydrogens is 484 g/mol. The molecule has 4 heteroatoms. The molecule has 38 heavy (non-hydrogen) atoms. The Balaban J connectivity index is 2.03. The average Bonchev–Trinajstić information content (AvgIpc) is 3.30. The normalized spacial score (nSPS) is 38.1. The molecule has 0 bridgehead atoms. The first kappa shape index (κ1) is 31.6. The van der Waals surface area contributed by atoms with Crippen LogP contribution in [0.2, 0.25) is 16.6 Å². The summed E-state index contributed by atoms with van der Waals surface area (Å²) in [6.45, 7) is 26.4. The fourth-order valence-corrected chi connectivity index (χ4v) is 13.8. The van der Waals surface area contributed by atoms with E-state index in [9.17, 15) is 4.79 Å². The molecule has 1 saturated heterocycles. The molecule has 1 saturated carbocycles. The van der Waals surface area contributed by atoms with E-state index in [0.717, 1.165) is 38.5 Å². The molecule has 0 radical (unpaired) electrons. The van der Waals surface area contributed by atoms with Crippen molar-refractivity contribution in [2.24, 2.45) is 23.2 Å². The van der Waals surface area contributed by atoms with Gasteiger partial charge in [0.15, 0.2) is 5.78 Å². The van der Waals surface area contributed by atoms with Gasteiger partial charge in [0.05, 0.1) is 12.7 Å². The first-order valence-corrected chi connectivity index (χ1v) is 17.7. The third-order valence-electron chi connectivity index (χ3n) is 10.6. The fourth-order valence-electron chi connectivity index (χ4n) is 8.21. The topological polar surface area (TPSA) is 35.5 Å². The lowest BCUT2D eigenvalue weighted by Gasteiger charge is -2.45. The summed E-state index contributed by atoms with van der Waals surface area (Å²) < 4.78 is 13.6. The van der Waals surface area contributed by atoms with Gasteiger partial charge in [-0.15, -0.1) is 0 Å². The van der Waals surface area contributed by atoms with E-state index in [1.54, 1.807) is 0 Å². The third-order valence-corrected chi connectivity index (χ3v) is 16.7. The molecule has 6 atom stereocenters. The summed E-state index contributed by atoms with van der Waals surface area (Å²) in [6.07, 6.45) is 13.2. The van der Waals surface area contributed by atoms with Gasteiger partial charge in [0.25, 0.3) is 0 Å². The maximum absolute atomic E-state index is 13.8. The van der Waals surface area contributed by atoms with Crippen LogP contribution in [0.25, 0.3) is 0 Å². The SMILES string of the molecule is C/C1=C/C[C@]2(C)C(=O)[C@@H]3OC[C@@H](C)[C@@H]3[C@H]2C/C=C(/C)C(O[Si](C(C)C)(C(C)C)C(C)C)CC/C(C)=C/CC1. The molecule has 1 unspecified atom stereocenters. The van der Waals surface area contributed by atoms with E-state index in [1.165, 1.54) is 16.7 Å². The molecule has 2 fully saturated rings. The maximum Gasteiger partial charge on any atom is 0.201 e. The van der Waals surface area contributed by atoms with Gasteiger partial charge in [-0.05, 0) is 93.3 Å². The third kappa shape index (κ3) is 6.18. The first-order valence-electron chi connectivity index (χ1n) is 15.6. The van der Waals surface area contributed by atoms with Gasteiger partial charge in [-0.25, -0.2) is 0 Å². The first-order chi connectivity index (χ1) is 17.8. The standard InChI is InChI=1S/C34H58O3Si/c1-22(2)38(23(3)4,24(5)6)37-30-18-15-25(7)13-12-14-26(8)19-20-34(11)29(17-16-27(30)9)31-28(10)21-36-32(31)33(34)35/h13,16,19,22-24,28-32H,12,14-15,17-18,20-21H2,1-11H3/b25-13+,26-19-,27-16-/t28-,29-,30?,31-,32-,34+/m1/s1. The summed E-state index contributed by atoms with van der Waals surface area (Å²) in [6, 6.07) is 0. The van der Waals surface area contributed by atoms with E-state index in [0.29, 0.717) is 46.8 Å². The highest BCUT2D eigenvalue weighted by molar-refractivity contribution is 6.77. The Hall–Kier alpha value is -0.973. The van der Waals surface area contributed by atoms with Crippen LogP contribution in [0.4, 0.5) is 0 Å². The van der Waals surface area contributed by atoms with Gasteiger partial charge in [0, 0.05) is 11.3 Å². The van der Waals surface area contributed by atoms with Gasteiger partial charge in [-0.1, -0.05) is 84.8 Å². The second-order valence-corrected chi connectivity index (χ2v) is 19.6. The lowest BCUT2D eigenvalue weighted by Crippen LogP contribution is -2.50. The lowest BCUT2D eigenvalue weighted by molar-refractivity contribution is -0.134. The highest BCUT2D eigenvalue weighted by Crippen LogP contribution is 2.55. The van der Waals surface area contributed by atoms with Crippen LogP contribution in [0, 0.1) is 23.2 Å². The van der Waals surface area contributed by atoms with Gasteiger partial charge in [-0.2, -0.15) is 0 Å². The largest absolute Gasteiger partial charge is 0.409 e. The molecule has 3 aliphatic rings. The number of ether oxygens (including phenoxy) is 1. The van der Waals surface area contributed by atoms with Crippen molar-refractivity contribution in [3.8, 4) is 0 Å². The van der Waals surface area contributed by atoms with E-state index in [-0.39, 0.29) is 17.6 Å². The number of allylic oxidation sites excluding steroid dienone is 5. The predicted molar refractivity (Wildman–Crippen MR) is 164 cm³/mol. The Labute approximate surface area is 236 Å². The van der Waals surface area contributed by atoms with Gasteiger partial charge in [0.1, 0.15) is 6.10 Å². The molecule has 2 aliphatic carbocycles. The molecule has 1 aliphatic heterocycles. The summed E-state index contributed by atoms with van der Waals surface area (Å²) >= 11 is 0. The molecule has 0 aromatic carbocycles. The van der Waals surface area contributed by atoms with E-state index >= 15 is 0 Å². The Morgan fingerprint density at radius 3 is 2.16 bits per heavy atom. The molecule has 3 rings (SSSR count). The molecule has 0 spiro atoms. The van der Waals surface area contributed by atoms with Gasteiger partial charge in [0.2, 0.25) is 8.32 Å². The molecular formula is C34H58O3Si. The Kier molecular flexibility index (Phi) is 10.5. The van der Waals surface area contributed by atoms with E-state index < -0.39 is 8.32 Å². The molecule has 0 aromatic rings. The zero-order valence-electron chi connectivity index (χ0n) is 26.5. The van der Waals surface area contributed by atoms with E-state index in [1.807, 2.05) is 0 Å². The van der Waals surface area contributed by atoms with Crippen molar-refractivity contribution in [1.29, 1.82) is 0 Å². The minimum absolute atomic E-state index is 0.138. The highest BCUT2D eigenvalue weighted by atomic mass is 28.4. The van der Waals surface area contributed by atoms with Crippen molar-refractivity contribution in [2.45, 2.75) is 144 Å². The van der Waals surface area contributed by atoms with Crippen molar-refractivity contribution < 1.29 is 14.0 Å². The lowest BCUT2D eigenvalue weighted by atomic mass is 9.70. The van der Waals surface area contributed by atoms with Gasteiger partial charge in [-0.3, -0.25) is 4.79 Å². The highest BCUT2D eigenvalue weighted by Gasteiger charge is 2.60. The van der Waals surface area contributed by atoms with Crippen LogP contribution in [-0.2, 0) is 14.0 Å². The zero-order chi connectivity index (χ0) is 28.4. The molecule has 3 nitrogen and oxygen atoms in total. The van der Waals surface area contributed by atoms with Crippen molar-refractivity contribution in [3.05, 3.63) is 34.9 Å². The fraction of sp³-hybridized carbons (Fsp3) is 0.794. The summed E-state index contributed by atoms with van der Waals surface area (Å²) in [7, 11) is -2.03. The number of Topliss-reactive ketones (excluding diaryl/α,β-unsaturated/α-hetero) is 1. The van der Waals surface area contributed by atoms with Crippen LogP contribution in [0.15, 0.2) is 34.9 Å². The number of hydrogen-bond acceptors (Lipinski definition) is 3. The van der Waals surface area contributed by atoms with Crippen LogP contribution >= 0.6 is 0 Å². The Bertz CT molecular complexity index is 904. The molecule has 0 amide bonds. The predicted octanol–water partition coefficient (Wildman–Crippen LogP) is 9.60. The number of carbonyl (C=O) groups is 1. The second-order valence-electron chi connectivity index (χ2n) is 14.2. The summed E-state index contributed by atoms with van der Waals surface area (Å²) in [4.78, 5) is 13.8. The Morgan fingerprint density at radius 2 is 1.55 bits per heavy atom. The van der Waals surface area contributed by atoms with Crippen LogP contribution in [-0.4, -0.2) is 32.9 Å². The van der Waals surface area contributed by atoms with Crippen molar-refractivity contribution in [2.75, 3.05) is 6.61 Å². The smallest absolute Gasteiger partial charge is 0.201 e. The van der Waals surface area contributed by atoms with Crippen LogP contribution in [0.5, 0.6) is 0 Å². The van der Waals surface area contributed by atoms with Gasteiger partial charge < -0.3 is 9.16 Å². The minimum Gasteiger partial charge on any atom is -0.409 e. The van der Waals surface area contributed by atoms with Crippen molar-refractivity contribution in [1.82, 2.24) is 0 Å². The van der Waals surface area contributed by atoms with Crippen LogP contribution in [0.3, 0.4) is 0 Å². The molecule has 0 aromatic heterocycles. The van der Waals surface area contributed by atoms with E-state index in [2.05, 4.69) is 94.4 Å². The maximum atomic E-state index is 13.8. The average molecular weight is 543 g/mol. The number of ketones is 1. The molecule has 216 valence electrons. The number of carbonyl (C=O) groups excluding carboxylic acids is 1. The Morgan fingerprint density at radius 1 is 0.947 bits per heavy atom. The molecule has 0 N–H and O–H groups in total. The minimum atomic E-state index is -2.03. The van der Waals surface area contributed by atoms with Crippen LogP contribution in [0.1, 0.15) is 115 Å². The summed E-state index contributed by atoms with van der Waals surface area (Å²) in [5, 5.41) is 0. The number of hydrogen-bond donors (Lipinski definition) is 0. The quantitative estimate of drug-likeness (QED) is 0.256. The monoisotopic (exact) mass is 542 g/mol. The van der Waals surface area contributed by atoms with E-state index in [4.69, 9.17) is 9.16 Å². The molecule has 1 heterocycles. The summed E-state index contributed by atoms with van der Waals surface area (Å²) in [5.74, 6) is 1.40. The number of rotatable bonds is 5. The summed E-state index contributed by atoms with van der Waals surface area (Å²) in [5.41, 5.74) is 5.55. The second kappa shape index (κ2) is 12.7.